The van der Waals surface area contributed by atoms with E-state index >= 15 is 0 Å². The molecule has 3 nitrogen and oxygen atoms in total. The van der Waals surface area contributed by atoms with Crippen molar-refractivity contribution < 1.29 is 13.5 Å². The Balaban J connectivity index is 3.10. The maximum atomic E-state index is 11.2. The maximum Gasteiger partial charge on any atom is 0.163 e. The highest BCUT2D eigenvalue weighted by atomic mass is 79.9. The summed E-state index contributed by atoms with van der Waals surface area (Å²) in [7, 11) is -3.40. The first-order valence-corrected chi connectivity index (χ1v) is 7.82. The van der Waals surface area contributed by atoms with Crippen LogP contribution in [0.2, 0.25) is 10.0 Å². The lowest BCUT2D eigenvalue weighted by atomic mass is 10.1. The smallest absolute Gasteiger partial charge is 0.163 e. The highest BCUT2D eigenvalue weighted by Crippen LogP contribution is 2.32. The molecule has 90 valence electrons. The summed E-state index contributed by atoms with van der Waals surface area (Å²) in [5, 5.41) is 10.5. The number of benzene rings is 1. The Morgan fingerprint density at radius 1 is 1.38 bits per heavy atom. The summed E-state index contributed by atoms with van der Waals surface area (Å²) in [6.45, 7) is 0. The third-order valence-electron chi connectivity index (χ3n) is 1.94. The molecule has 2 unspecified atom stereocenters. The van der Waals surface area contributed by atoms with Gasteiger partial charge in [0, 0.05) is 21.9 Å². The van der Waals surface area contributed by atoms with E-state index in [1.165, 1.54) is 18.2 Å². The Morgan fingerprint density at radius 3 is 2.38 bits per heavy atom. The topological polar surface area (TPSA) is 54.4 Å². The van der Waals surface area contributed by atoms with Crippen molar-refractivity contribution in [1.29, 1.82) is 0 Å². The minimum Gasteiger partial charge on any atom is -0.386 e. The Hall–Kier alpha value is 0.190. The van der Waals surface area contributed by atoms with E-state index in [0.29, 0.717) is 10.6 Å². The van der Waals surface area contributed by atoms with E-state index < -0.39 is 20.1 Å². The molecule has 0 spiro atoms. The van der Waals surface area contributed by atoms with Gasteiger partial charge in [0.1, 0.15) is 10.3 Å². The third-order valence-corrected chi connectivity index (χ3v) is 6.11. The monoisotopic (exact) mass is 346 g/mol. The summed E-state index contributed by atoms with van der Waals surface area (Å²) in [5.74, 6) is 0. The van der Waals surface area contributed by atoms with E-state index in [1.54, 1.807) is 0 Å². The SMILES string of the molecule is CS(=O)(=O)C(Br)C(O)c1ccc(Cl)cc1Cl. The van der Waals surface area contributed by atoms with Gasteiger partial charge in [0.25, 0.3) is 0 Å². The van der Waals surface area contributed by atoms with Crippen LogP contribution in [0.4, 0.5) is 0 Å². The Labute approximate surface area is 112 Å². The molecule has 0 aliphatic heterocycles. The molecule has 0 radical (unpaired) electrons. The lowest BCUT2D eigenvalue weighted by Crippen LogP contribution is -2.21. The lowest BCUT2D eigenvalue weighted by molar-refractivity contribution is 0.195. The van der Waals surface area contributed by atoms with Crippen LogP contribution in [0.25, 0.3) is 0 Å². The molecule has 0 fully saturated rings. The van der Waals surface area contributed by atoms with E-state index in [-0.39, 0.29) is 5.02 Å². The first kappa shape index (κ1) is 14.3. The van der Waals surface area contributed by atoms with Crippen LogP contribution in [-0.4, -0.2) is 23.9 Å². The molecule has 7 heteroatoms. The van der Waals surface area contributed by atoms with Gasteiger partial charge >= 0.3 is 0 Å². The molecule has 0 aromatic heterocycles. The zero-order valence-corrected chi connectivity index (χ0v) is 12.1. The molecule has 1 rings (SSSR count). The second-order valence-corrected chi connectivity index (χ2v) is 7.89. The number of alkyl halides is 1. The second-order valence-electron chi connectivity index (χ2n) is 3.29. The third kappa shape index (κ3) is 3.34. The largest absolute Gasteiger partial charge is 0.386 e. The predicted molar refractivity (Wildman–Crippen MR) is 69.0 cm³/mol. The van der Waals surface area contributed by atoms with Crippen LogP contribution in [0.15, 0.2) is 18.2 Å². The molecule has 16 heavy (non-hydrogen) atoms. The highest BCUT2D eigenvalue weighted by molar-refractivity contribution is 9.11. The number of rotatable bonds is 3. The van der Waals surface area contributed by atoms with Crippen molar-refractivity contribution in [2.45, 2.75) is 10.3 Å². The van der Waals surface area contributed by atoms with E-state index in [9.17, 15) is 13.5 Å². The number of hydrogen-bond donors (Lipinski definition) is 1. The van der Waals surface area contributed by atoms with Gasteiger partial charge in [-0.1, -0.05) is 45.2 Å². The quantitative estimate of drug-likeness (QED) is 0.855. The van der Waals surface area contributed by atoms with Crippen molar-refractivity contribution in [1.82, 2.24) is 0 Å². The standard InChI is InChI=1S/C9H9BrCl2O3S/c1-16(14,15)9(10)8(13)6-3-2-5(11)4-7(6)12/h2-4,8-9,13H,1H3. The summed E-state index contributed by atoms with van der Waals surface area (Å²) in [6, 6.07) is 4.48. The average molecular weight is 348 g/mol. The van der Waals surface area contributed by atoms with Gasteiger partial charge in [0.05, 0.1) is 0 Å². The van der Waals surface area contributed by atoms with Crippen LogP contribution in [0.1, 0.15) is 11.7 Å². The maximum absolute atomic E-state index is 11.2. The Bertz CT molecular complexity index is 490. The molecule has 1 aromatic rings. The molecule has 1 N–H and O–H groups in total. The van der Waals surface area contributed by atoms with Crippen LogP contribution in [-0.2, 0) is 9.84 Å². The Kier molecular flexibility index (Phi) is 4.66. The van der Waals surface area contributed by atoms with Crippen molar-refractivity contribution >= 4 is 49.0 Å². The van der Waals surface area contributed by atoms with Crippen LogP contribution in [0.5, 0.6) is 0 Å². The van der Waals surface area contributed by atoms with Crippen molar-refractivity contribution in [2.75, 3.05) is 6.26 Å². The summed E-state index contributed by atoms with van der Waals surface area (Å²) >= 11 is 14.5. The van der Waals surface area contributed by atoms with Gasteiger partial charge in [-0.3, -0.25) is 0 Å². The van der Waals surface area contributed by atoms with Crippen molar-refractivity contribution in [3.63, 3.8) is 0 Å². The number of aliphatic hydroxyl groups is 1. The fourth-order valence-corrected chi connectivity index (χ4v) is 2.54. The van der Waals surface area contributed by atoms with Gasteiger partial charge in [-0.2, -0.15) is 0 Å². The van der Waals surface area contributed by atoms with E-state index in [2.05, 4.69) is 15.9 Å². The second kappa shape index (κ2) is 5.23. The number of hydrogen-bond acceptors (Lipinski definition) is 3. The fraction of sp³-hybridized carbons (Fsp3) is 0.333. The lowest BCUT2D eigenvalue weighted by Gasteiger charge is -2.17. The van der Waals surface area contributed by atoms with E-state index in [0.717, 1.165) is 6.26 Å². The first-order valence-electron chi connectivity index (χ1n) is 4.19. The molecular weight excluding hydrogens is 339 g/mol. The number of sulfone groups is 1. The van der Waals surface area contributed by atoms with Gasteiger partial charge in [-0.05, 0) is 12.1 Å². The number of halogens is 3. The number of aliphatic hydroxyl groups excluding tert-OH is 1. The molecule has 2 atom stereocenters. The minimum absolute atomic E-state index is 0.230. The minimum atomic E-state index is -3.40. The van der Waals surface area contributed by atoms with Crippen LogP contribution in [0, 0.1) is 0 Å². The summed E-state index contributed by atoms with van der Waals surface area (Å²) in [5.41, 5.74) is 0.318. The van der Waals surface area contributed by atoms with E-state index in [1.807, 2.05) is 0 Å². The van der Waals surface area contributed by atoms with Gasteiger partial charge in [0.2, 0.25) is 0 Å². The van der Waals surface area contributed by atoms with Gasteiger partial charge < -0.3 is 5.11 Å². The van der Waals surface area contributed by atoms with Crippen molar-refractivity contribution in [2.24, 2.45) is 0 Å². The highest BCUT2D eigenvalue weighted by Gasteiger charge is 2.28. The van der Waals surface area contributed by atoms with Gasteiger partial charge in [-0.15, -0.1) is 0 Å². The van der Waals surface area contributed by atoms with Gasteiger partial charge in [0.15, 0.2) is 9.84 Å². The normalized spacial score (nSPS) is 15.8. The summed E-state index contributed by atoms with van der Waals surface area (Å²) in [4.78, 5) is 0. The molecule has 0 aliphatic carbocycles. The van der Waals surface area contributed by atoms with Crippen molar-refractivity contribution in [3.8, 4) is 0 Å². The van der Waals surface area contributed by atoms with Crippen molar-refractivity contribution in [3.05, 3.63) is 33.8 Å². The van der Waals surface area contributed by atoms with Crippen LogP contribution in [0.3, 0.4) is 0 Å². The molecular formula is C9H9BrCl2O3S. The molecule has 0 bridgehead atoms. The zero-order chi connectivity index (χ0) is 12.5. The molecule has 0 saturated heterocycles. The Morgan fingerprint density at radius 2 is 1.94 bits per heavy atom. The summed E-state index contributed by atoms with van der Waals surface area (Å²) < 4.78 is 21.4. The zero-order valence-electron chi connectivity index (χ0n) is 8.19. The molecule has 0 heterocycles. The average Bonchev–Trinajstić information content (AvgIpc) is 2.14. The summed E-state index contributed by atoms with van der Waals surface area (Å²) in [6.07, 6.45) is -0.209. The fourth-order valence-electron chi connectivity index (χ4n) is 1.12. The van der Waals surface area contributed by atoms with Gasteiger partial charge in [-0.25, -0.2) is 8.42 Å². The molecule has 1 aromatic carbocycles. The molecule has 0 saturated carbocycles. The molecule has 0 amide bonds. The first-order chi connectivity index (χ1) is 7.23. The van der Waals surface area contributed by atoms with Crippen LogP contribution >= 0.6 is 39.1 Å². The predicted octanol–water partition coefficient (Wildman–Crippen LogP) is 2.79. The molecule has 0 aliphatic rings. The van der Waals surface area contributed by atoms with Crippen LogP contribution < -0.4 is 0 Å². The van der Waals surface area contributed by atoms with E-state index in [4.69, 9.17) is 23.2 Å².